The predicted molar refractivity (Wildman–Crippen MR) is 110 cm³/mol. The van der Waals surface area contributed by atoms with Gasteiger partial charge in [0.15, 0.2) is 0 Å². The number of hydrogen-bond donors (Lipinski definition) is 1. The minimum Gasteiger partial charge on any atom is -0.378 e. The van der Waals surface area contributed by atoms with Crippen LogP contribution in [0.4, 0.5) is 17.5 Å². The minimum atomic E-state index is -0.0492. The van der Waals surface area contributed by atoms with Crippen LogP contribution in [-0.4, -0.2) is 53.1 Å². The second-order valence-electron chi connectivity index (χ2n) is 7.41. The third-order valence-corrected chi connectivity index (χ3v) is 5.55. The first kappa shape index (κ1) is 19.0. The van der Waals surface area contributed by atoms with Crippen LogP contribution in [0.3, 0.4) is 0 Å². The first-order valence-corrected chi connectivity index (χ1v) is 9.89. The third kappa shape index (κ3) is 3.52. The Morgan fingerprint density at radius 2 is 1.96 bits per heavy atom. The summed E-state index contributed by atoms with van der Waals surface area (Å²) < 4.78 is 5.43. The molecule has 1 N–H and O–H groups in total. The van der Waals surface area contributed by atoms with Gasteiger partial charge in [0.1, 0.15) is 11.5 Å². The molecule has 0 unspecified atom stereocenters. The summed E-state index contributed by atoms with van der Waals surface area (Å²) in [5.74, 6) is 1.16. The van der Waals surface area contributed by atoms with Crippen LogP contribution in [0.1, 0.15) is 35.5 Å². The van der Waals surface area contributed by atoms with Crippen LogP contribution in [0, 0.1) is 6.92 Å². The van der Waals surface area contributed by atoms with Crippen molar-refractivity contribution in [3.63, 3.8) is 0 Å². The number of anilines is 3. The number of aryl methyl sites for hydroxylation is 1. The Morgan fingerprint density at radius 3 is 2.64 bits per heavy atom. The summed E-state index contributed by atoms with van der Waals surface area (Å²) in [7, 11) is 0. The number of benzene rings is 1. The zero-order valence-corrected chi connectivity index (χ0v) is 17.1. The number of amides is 1. The van der Waals surface area contributed by atoms with E-state index in [0.29, 0.717) is 55.3 Å². The van der Waals surface area contributed by atoms with Crippen LogP contribution >= 0.6 is 11.6 Å². The maximum absolute atomic E-state index is 12.9. The lowest BCUT2D eigenvalue weighted by Gasteiger charge is -2.27. The van der Waals surface area contributed by atoms with Crippen molar-refractivity contribution in [2.75, 3.05) is 36.5 Å². The van der Waals surface area contributed by atoms with Crippen LogP contribution in [0.25, 0.3) is 0 Å². The lowest BCUT2D eigenvalue weighted by Crippen LogP contribution is -2.37. The molecule has 148 valence electrons. The number of carbonyl (C=O) groups excluding carboxylic acids is 1. The van der Waals surface area contributed by atoms with Gasteiger partial charge >= 0.3 is 0 Å². The fourth-order valence-corrected chi connectivity index (χ4v) is 3.59. The van der Waals surface area contributed by atoms with Crippen LogP contribution in [-0.2, 0) is 11.3 Å². The molecule has 0 saturated carbocycles. The lowest BCUT2D eigenvalue weighted by molar-refractivity contribution is 0.0726. The van der Waals surface area contributed by atoms with Gasteiger partial charge in [-0.1, -0.05) is 17.7 Å². The van der Waals surface area contributed by atoms with Crippen molar-refractivity contribution in [1.82, 2.24) is 14.9 Å². The highest BCUT2D eigenvalue weighted by atomic mass is 35.5. The fraction of sp³-hybridized carbons (Fsp3) is 0.450. The number of rotatable bonds is 4. The van der Waals surface area contributed by atoms with Gasteiger partial charge in [-0.25, -0.2) is 4.98 Å². The van der Waals surface area contributed by atoms with Crippen molar-refractivity contribution in [1.29, 1.82) is 0 Å². The van der Waals surface area contributed by atoms with E-state index in [1.54, 1.807) is 0 Å². The third-order valence-electron chi connectivity index (χ3n) is 5.14. The van der Waals surface area contributed by atoms with Gasteiger partial charge < -0.3 is 19.9 Å². The molecule has 0 aliphatic carbocycles. The van der Waals surface area contributed by atoms with Crippen molar-refractivity contribution in [3.8, 4) is 0 Å². The molecule has 2 aliphatic rings. The molecule has 4 rings (SSSR count). The van der Waals surface area contributed by atoms with Crippen molar-refractivity contribution >= 4 is 35.0 Å². The van der Waals surface area contributed by atoms with Crippen molar-refractivity contribution < 1.29 is 9.53 Å². The summed E-state index contributed by atoms with van der Waals surface area (Å²) in [6.07, 6.45) is 0. The average molecular weight is 402 g/mol. The van der Waals surface area contributed by atoms with Crippen LogP contribution in [0.5, 0.6) is 0 Å². The van der Waals surface area contributed by atoms with E-state index in [-0.39, 0.29) is 11.9 Å². The zero-order valence-electron chi connectivity index (χ0n) is 16.3. The highest BCUT2D eigenvalue weighted by Gasteiger charge is 2.35. The van der Waals surface area contributed by atoms with Gasteiger partial charge in [-0.15, -0.1) is 0 Å². The van der Waals surface area contributed by atoms with Gasteiger partial charge in [0.2, 0.25) is 5.95 Å². The molecule has 1 fully saturated rings. The van der Waals surface area contributed by atoms with Gasteiger partial charge in [0.25, 0.3) is 5.91 Å². The molecule has 1 saturated heterocycles. The van der Waals surface area contributed by atoms with E-state index in [1.165, 1.54) is 0 Å². The standard InChI is InChI=1S/C20H24ClN5O2/c1-12(2)26-11-15-17(19(26)27)23-20(25-6-8-28-9-7-25)24-18(15)22-14-5-4-13(3)16(21)10-14/h4-5,10,12H,6-9,11H2,1-3H3,(H,22,23,24). The van der Waals surface area contributed by atoms with Crippen LogP contribution < -0.4 is 10.2 Å². The van der Waals surface area contributed by atoms with Crippen molar-refractivity contribution in [3.05, 3.63) is 40.0 Å². The maximum atomic E-state index is 12.9. The number of morpholine rings is 1. The number of carbonyl (C=O) groups is 1. The molecule has 0 bridgehead atoms. The Hall–Kier alpha value is -2.38. The summed E-state index contributed by atoms with van der Waals surface area (Å²) in [6, 6.07) is 5.88. The van der Waals surface area contributed by atoms with Crippen molar-refractivity contribution in [2.24, 2.45) is 0 Å². The second-order valence-corrected chi connectivity index (χ2v) is 7.82. The van der Waals surface area contributed by atoms with E-state index in [9.17, 15) is 4.79 Å². The van der Waals surface area contributed by atoms with E-state index in [1.807, 2.05) is 43.9 Å². The molecule has 1 amide bonds. The molecular weight excluding hydrogens is 378 g/mol. The Bertz CT molecular complexity index is 912. The molecule has 28 heavy (non-hydrogen) atoms. The molecular formula is C20H24ClN5O2. The molecule has 1 aromatic carbocycles. The molecule has 0 atom stereocenters. The lowest BCUT2D eigenvalue weighted by atomic mass is 10.2. The van der Waals surface area contributed by atoms with E-state index < -0.39 is 0 Å². The monoisotopic (exact) mass is 401 g/mol. The zero-order chi connectivity index (χ0) is 19.8. The van der Waals surface area contributed by atoms with Gasteiger partial charge in [0.05, 0.1) is 19.8 Å². The highest BCUT2D eigenvalue weighted by Crippen LogP contribution is 2.33. The molecule has 1 aromatic heterocycles. The number of nitrogens with zero attached hydrogens (tertiary/aromatic N) is 4. The number of ether oxygens (including phenoxy) is 1. The molecule has 7 nitrogen and oxygen atoms in total. The Balaban J connectivity index is 1.75. The molecule has 2 aliphatic heterocycles. The average Bonchev–Trinajstić information content (AvgIpc) is 3.03. The predicted octanol–water partition coefficient (Wildman–Crippen LogP) is 3.38. The quantitative estimate of drug-likeness (QED) is 0.846. The summed E-state index contributed by atoms with van der Waals surface area (Å²) in [5, 5.41) is 4.04. The first-order valence-electron chi connectivity index (χ1n) is 9.52. The summed E-state index contributed by atoms with van der Waals surface area (Å²) in [5.41, 5.74) is 3.15. The fourth-order valence-electron chi connectivity index (χ4n) is 3.41. The summed E-state index contributed by atoms with van der Waals surface area (Å²) in [4.78, 5) is 26.2. The molecule has 3 heterocycles. The number of hydrogen-bond acceptors (Lipinski definition) is 6. The first-order chi connectivity index (χ1) is 13.4. The van der Waals surface area contributed by atoms with E-state index in [4.69, 9.17) is 21.3 Å². The van der Waals surface area contributed by atoms with Crippen LogP contribution in [0.2, 0.25) is 5.02 Å². The van der Waals surface area contributed by atoms with E-state index in [0.717, 1.165) is 16.8 Å². The highest BCUT2D eigenvalue weighted by molar-refractivity contribution is 6.31. The maximum Gasteiger partial charge on any atom is 0.273 e. The van der Waals surface area contributed by atoms with E-state index >= 15 is 0 Å². The Labute approximate surface area is 169 Å². The van der Waals surface area contributed by atoms with E-state index in [2.05, 4.69) is 15.2 Å². The Morgan fingerprint density at radius 1 is 1.21 bits per heavy atom. The van der Waals surface area contributed by atoms with Gasteiger partial charge in [0, 0.05) is 35.4 Å². The van der Waals surface area contributed by atoms with Gasteiger partial charge in [-0.2, -0.15) is 4.98 Å². The smallest absolute Gasteiger partial charge is 0.273 e. The second kappa shape index (κ2) is 7.56. The Kier molecular flexibility index (Phi) is 5.12. The summed E-state index contributed by atoms with van der Waals surface area (Å²) in [6.45, 7) is 9.14. The minimum absolute atomic E-state index is 0.0492. The largest absolute Gasteiger partial charge is 0.378 e. The van der Waals surface area contributed by atoms with Gasteiger partial charge in [-0.3, -0.25) is 4.79 Å². The van der Waals surface area contributed by atoms with Crippen LogP contribution in [0.15, 0.2) is 18.2 Å². The van der Waals surface area contributed by atoms with Gasteiger partial charge in [-0.05, 0) is 38.5 Å². The molecule has 2 aromatic rings. The molecule has 0 spiro atoms. The number of fused-ring (bicyclic) bond motifs is 1. The molecule has 8 heteroatoms. The topological polar surface area (TPSA) is 70.6 Å². The molecule has 0 radical (unpaired) electrons. The summed E-state index contributed by atoms with van der Waals surface area (Å²) >= 11 is 6.28. The SMILES string of the molecule is Cc1ccc(Nc2nc(N3CCOCC3)nc3c2CN(C(C)C)C3=O)cc1Cl. The number of aromatic nitrogens is 2. The normalized spacial score (nSPS) is 16.7. The number of nitrogens with one attached hydrogen (secondary N) is 1. The van der Waals surface area contributed by atoms with Crippen molar-refractivity contribution in [2.45, 2.75) is 33.4 Å². The number of halogens is 1.